The summed E-state index contributed by atoms with van der Waals surface area (Å²) >= 11 is 0. The highest BCUT2D eigenvalue weighted by molar-refractivity contribution is 6.07. The van der Waals surface area contributed by atoms with Crippen molar-refractivity contribution in [2.24, 2.45) is 0 Å². The van der Waals surface area contributed by atoms with Gasteiger partial charge in [0.15, 0.2) is 5.78 Å². The van der Waals surface area contributed by atoms with Gasteiger partial charge in [-0.15, -0.1) is 0 Å². The van der Waals surface area contributed by atoms with E-state index < -0.39 is 0 Å². The molecule has 0 spiro atoms. The Kier molecular flexibility index (Phi) is 3.65. The van der Waals surface area contributed by atoms with E-state index in [0.717, 1.165) is 28.1 Å². The Balaban J connectivity index is 2.24. The third-order valence-corrected chi connectivity index (χ3v) is 3.38. The topological polar surface area (TPSA) is 45.8 Å². The highest BCUT2D eigenvalue weighted by Crippen LogP contribution is 2.14. The fraction of sp³-hybridized carbons (Fsp3) is 0.250. The molecule has 2 rings (SSSR count). The molecule has 0 atom stereocenters. The van der Waals surface area contributed by atoms with Crippen molar-refractivity contribution in [2.75, 3.05) is 0 Å². The summed E-state index contributed by atoms with van der Waals surface area (Å²) in [6, 6.07) is 5.77. The molecule has 0 aliphatic carbocycles. The van der Waals surface area contributed by atoms with E-state index in [1.165, 1.54) is 5.56 Å². The van der Waals surface area contributed by atoms with Crippen LogP contribution in [0.5, 0.6) is 0 Å². The molecule has 1 heterocycles. The van der Waals surface area contributed by atoms with Crippen molar-refractivity contribution < 1.29 is 4.79 Å². The van der Waals surface area contributed by atoms with Crippen molar-refractivity contribution in [2.45, 2.75) is 27.7 Å². The summed E-state index contributed by atoms with van der Waals surface area (Å²) in [4.78, 5) is 12.1. The predicted molar refractivity (Wildman–Crippen MR) is 77.3 cm³/mol. The molecule has 0 saturated carbocycles. The Labute approximate surface area is 113 Å². The van der Waals surface area contributed by atoms with Gasteiger partial charge in [-0.1, -0.05) is 12.1 Å². The number of aryl methyl sites for hydroxylation is 4. The first-order valence-electron chi connectivity index (χ1n) is 6.30. The van der Waals surface area contributed by atoms with Crippen molar-refractivity contribution >= 4 is 11.9 Å². The molecule has 0 unspecified atom stereocenters. The Bertz CT molecular complexity index is 631. The van der Waals surface area contributed by atoms with E-state index in [1.807, 2.05) is 52.0 Å². The van der Waals surface area contributed by atoms with E-state index in [0.29, 0.717) is 0 Å². The summed E-state index contributed by atoms with van der Waals surface area (Å²) < 4.78 is 0. The van der Waals surface area contributed by atoms with E-state index in [4.69, 9.17) is 0 Å². The summed E-state index contributed by atoms with van der Waals surface area (Å²) in [7, 11) is 0. The van der Waals surface area contributed by atoms with Crippen LogP contribution in [0.25, 0.3) is 6.08 Å². The number of hydrogen-bond acceptors (Lipinski definition) is 2. The lowest BCUT2D eigenvalue weighted by molar-refractivity contribution is 0.104. The smallest absolute Gasteiger partial charge is 0.185 e. The van der Waals surface area contributed by atoms with Crippen LogP contribution >= 0.6 is 0 Å². The molecular weight excluding hydrogens is 236 g/mol. The van der Waals surface area contributed by atoms with Gasteiger partial charge in [0, 0.05) is 16.8 Å². The normalized spacial score (nSPS) is 11.2. The molecule has 0 aliphatic rings. The van der Waals surface area contributed by atoms with Gasteiger partial charge in [0.2, 0.25) is 0 Å². The lowest BCUT2D eigenvalue weighted by Gasteiger charge is -2.01. The summed E-state index contributed by atoms with van der Waals surface area (Å²) in [5.41, 5.74) is 5.91. The zero-order valence-electron chi connectivity index (χ0n) is 11.7. The van der Waals surface area contributed by atoms with Gasteiger partial charge < -0.3 is 0 Å². The monoisotopic (exact) mass is 254 g/mol. The minimum Gasteiger partial charge on any atom is -0.289 e. The minimum atomic E-state index is 0.0168. The first-order valence-corrected chi connectivity index (χ1v) is 6.30. The average Bonchev–Trinajstić information content (AvgIpc) is 2.69. The molecule has 1 N–H and O–H groups in total. The number of nitrogens with one attached hydrogen (secondary N) is 1. The van der Waals surface area contributed by atoms with Crippen LogP contribution in [0.1, 0.15) is 38.4 Å². The number of carbonyl (C=O) groups excluding carboxylic acids is 1. The number of carbonyl (C=O) groups is 1. The zero-order valence-corrected chi connectivity index (χ0v) is 11.7. The maximum Gasteiger partial charge on any atom is 0.185 e. The van der Waals surface area contributed by atoms with Gasteiger partial charge in [0.25, 0.3) is 0 Å². The van der Waals surface area contributed by atoms with Gasteiger partial charge in [0.1, 0.15) is 0 Å². The molecule has 19 heavy (non-hydrogen) atoms. The third kappa shape index (κ3) is 2.81. The highest BCUT2D eigenvalue weighted by Gasteiger charge is 2.06. The number of rotatable bonds is 3. The van der Waals surface area contributed by atoms with E-state index in [2.05, 4.69) is 10.2 Å². The Morgan fingerprint density at radius 1 is 1.16 bits per heavy atom. The molecular formula is C16H18N2O. The predicted octanol–water partition coefficient (Wildman–Crippen LogP) is 3.54. The van der Waals surface area contributed by atoms with Gasteiger partial charge in [0.05, 0.1) is 5.69 Å². The first-order chi connectivity index (χ1) is 8.99. The molecule has 0 bridgehead atoms. The molecule has 3 heteroatoms. The van der Waals surface area contributed by atoms with Gasteiger partial charge in [-0.2, -0.15) is 5.10 Å². The van der Waals surface area contributed by atoms with Crippen LogP contribution in [0.2, 0.25) is 0 Å². The molecule has 1 aromatic carbocycles. The van der Waals surface area contributed by atoms with E-state index in [9.17, 15) is 4.79 Å². The largest absolute Gasteiger partial charge is 0.289 e. The summed E-state index contributed by atoms with van der Waals surface area (Å²) in [5.74, 6) is 0.0168. The molecule has 0 saturated heterocycles. The standard InChI is InChI=1S/C16H18N2O/c1-10-5-6-14(9-11(10)2)16(19)8-7-15-12(3)17-18-13(15)4/h5-9H,1-4H3,(H,17,18)/b8-7+. The number of hydrogen-bond donors (Lipinski definition) is 1. The fourth-order valence-corrected chi connectivity index (χ4v) is 1.96. The zero-order chi connectivity index (χ0) is 14.0. The molecule has 98 valence electrons. The Morgan fingerprint density at radius 2 is 1.89 bits per heavy atom. The SMILES string of the molecule is Cc1ccc(C(=O)/C=C/c2c(C)n[nH]c2C)cc1C. The van der Waals surface area contributed by atoms with E-state index in [-0.39, 0.29) is 5.78 Å². The molecule has 0 fully saturated rings. The lowest BCUT2D eigenvalue weighted by atomic mass is 10.0. The van der Waals surface area contributed by atoms with E-state index in [1.54, 1.807) is 6.08 Å². The van der Waals surface area contributed by atoms with Gasteiger partial charge >= 0.3 is 0 Å². The van der Waals surface area contributed by atoms with Crippen LogP contribution in [-0.2, 0) is 0 Å². The summed E-state index contributed by atoms with van der Waals surface area (Å²) in [6.07, 6.45) is 3.43. The van der Waals surface area contributed by atoms with Crippen LogP contribution in [0, 0.1) is 27.7 Å². The third-order valence-electron chi connectivity index (χ3n) is 3.38. The molecule has 0 aliphatic heterocycles. The Hall–Kier alpha value is -2.16. The number of ketones is 1. The number of aromatic nitrogens is 2. The van der Waals surface area contributed by atoms with Crippen LogP contribution < -0.4 is 0 Å². The summed E-state index contributed by atoms with van der Waals surface area (Å²) in [5, 5.41) is 7.01. The van der Waals surface area contributed by atoms with Crippen LogP contribution in [0.4, 0.5) is 0 Å². The molecule has 3 nitrogen and oxygen atoms in total. The molecule has 2 aromatic rings. The number of aromatic amines is 1. The van der Waals surface area contributed by atoms with Crippen molar-refractivity contribution in [3.63, 3.8) is 0 Å². The van der Waals surface area contributed by atoms with Crippen LogP contribution in [-0.4, -0.2) is 16.0 Å². The Morgan fingerprint density at radius 3 is 2.47 bits per heavy atom. The number of nitrogens with zero attached hydrogens (tertiary/aromatic N) is 1. The number of H-pyrrole nitrogens is 1. The maximum absolute atomic E-state index is 12.1. The second-order valence-corrected chi connectivity index (χ2v) is 4.84. The van der Waals surface area contributed by atoms with Crippen molar-refractivity contribution in [3.05, 3.63) is 57.9 Å². The molecule has 0 radical (unpaired) electrons. The quantitative estimate of drug-likeness (QED) is 0.672. The second kappa shape index (κ2) is 5.22. The highest BCUT2D eigenvalue weighted by atomic mass is 16.1. The van der Waals surface area contributed by atoms with Gasteiger partial charge in [-0.3, -0.25) is 9.89 Å². The minimum absolute atomic E-state index is 0.0168. The number of benzene rings is 1. The molecule has 0 amide bonds. The number of allylic oxidation sites excluding steroid dienone is 1. The van der Waals surface area contributed by atoms with E-state index >= 15 is 0 Å². The van der Waals surface area contributed by atoms with Crippen LogP contribution in [0.15, 0.2) is 24.3 Å². The second-order valence-electron chi connectivity index (χ2n) is 4.84. The van der Waals surface area contributed by atoms with Crippen molar-refractivity contribution in [1.29, 1.82) is 0 Å². The van der Waals surface area contributed by atoms with Crippen molar-refractivity contribution in [3.8, 4) is 0 Å². The van der Waals surface area contributed by atoms with Crippen molar-refractivity contribution in [1.82, 2.24) is 10.2 Å². The van der Waals surface area contributed by atoms with Gasteiger partial charge in [-0.25, -0.2) is 0 Å². The lowest BCUT2D eigenvalue weighted by Crippen LogP contribution is -1.96. The molecule has 1 aromatic heterocycles. The average molecular weight is 254 g/mol. The van der Waals surface area contributed by atoms with Gasteiger partial charge in [-0.05, 0) is 57.0 Å². The maximum atomic E-state index is 12.1. The summed E-state index contributed by atoms with van der Waals surface area (Å²) in [6.45, 7) is 7.92. The first kappa shape index (κ1) is 13.3. The fourth-order valence-electron chi connectivity index (χ4n) is 1.96. The van der Waals surface area contributed by atoms with Crippen LogP contribution in [0.3, 0.4) is 0 Å².